The molecule has 192 valence electrons. The number of hydrogen-bond acceptors (Lipinski definition) is 5. The molecule has 0 bridgehead atoms. The molecule has 0 amide bonds. The molecule has 2 N–H and O–H groups in total. The summed E-state index contributed by atoms with van der Waals surface area (Å²) in [6.07, 6.45) is 1.56. The summed E-state index contributed by atoms with van der Waals surface area (Å²) >= 11 is 0. The Morgan fingerprint density at radius 1 is 1.08 bits per heavy atom. The van der Waals surface area contributed by atoms with E-state index in [9.17, 15) is 22.0 Å². The maximum absolute atomic E-state index is 14.4. The minimum Gasteiger partial charge on any atom is -0.454 e. The molecular weight excluding hydrogens is 504 g/mol. The molecule has 11 heteroatoms. The van der Waals surface area contributed by atoms with Gasteiger partial charge in [-0.05, 0) is 49.2 Å². The molecule has 2 heterocycles. The first kappa shape index (κ1) is 25.9. The highest BCUT2D eigenvalue weighted by Gasteiger charge is 2.19. The monoisotopic (exact) mass is 527 g/mol. The summed E-state index contributed by atoms with van der Waals surface area (Å²) in [6.45, 7) is 1.70. The molecule has 2 aromatic heterocycles. The first-order valence-electron chi connectivity index (χ1n) is 11.1. The number of hydrogen-bond donors (Lipinski definition) is 2. The number of anilines is 1. The van der Waals surface area contributed by atoms with Crippen molar-refractivity contribution in [3.8, 4) is 34.5 Å². The standard InChI is InChI=1S/C26H23F2N3O5S/c1-4-37(33,34)30-18-8-10-23(36-24-9-7-16(27)12-22(24)28)19(14-18)21-15-31(2)26(32)25-20(21)13-17(29-25)6-5-11-35-3/h7-10,12-15,29-30H,4,11H2,1-3H3. The Morgan fingerprint density at radius 3 is 2.54 bits per heavy atom. The SMILES string of the molecule is CCS(=O)(=O)Nc1ccc(Oc2ccc(F)cc2F)c(-c2cn(C)c(=O)c3[nH]c(C#CCOC)cc23)c1. The fourth-order valence-electron chi connectivity index (χ4n) is 3.64. The van der Waals surface area contributed by atoms with Gasteiger partial charge in [-0.3, -0.25) is 9.52 Å². The largest absolute Gasteiger partial charge is 0.454 e. The molecule has 37 heavy (non-hydrogen) atoms. The number of ether oxygens (including phenoxy) is 2. The van der Waals surface area contributed by atoms with Gasteiger partial charge in [-0.15, -0.1) is 0 Å². The maximum atomic E-state index is 14.4. The number of aromatic amines is 1. The number of rotatable bonds is 7. The van der Waals surface area contributed by atoms with E-state index in [1.165, 1.54) is 36.8 Å². The van der Waals surface area contributed by atoms with Gasteiger partial charge in [-0.25, -0.2) is 17.2 Å². The number of nitrogens with zero attached hydrogens (tertiary/aromatic N) is 1. The number of aryl methyl sites for hydroxylation is 1. The highest BCUT2D eigenvalue weighted by Crippen LogP contribution is 2.39. The molecule has 0 aliphatic rings. The van der Waals surface area contributed by atoms with Crippen LogP contribution in [0.1, 0.15) is 12.6 Å². The lowest BCUT2D eigenvalue weighted by atomic mass is 10.0. The Morgan fingerprint density at radius 2 is 1.84 bits per heavy atom. The Hall–Kier alpha value is -4.14. The van der Waals surface area contributed by atoms with Gasteiger partial charge in [0.05, 0.1) is 11.4 Å². The van der Waals surface area contributed by atoms with E-state index < -0.39 is 21.7 Å². The lowest BCUT2D eigenvalue weighted by molar-refractivity contribution is 0.240. The normalized spacial score (nSPS) is 11.3. The summed E-state index contributed by atoms with van der Waals surface area (Å²) in [4.78, 5) is 15.9. The molecule has 0 saturated carbocycles. The van der Waals surface area contributed by atoms with Gasteiger partial charge in [-0.2, -0.15) is 0 Å². The number of aromatic nitrogens is 2. The third-order valence-electron chi connectivity index (χ3n) is 5.44. The first-order chi connectivity index (χ1) is 17.6. The van der Waals surface area contributed by atoms with Gasteiger partial charge >= 0.3 is 0 Å². The van der Waals surface area contributed by atoms with Gasteiger partial charge in [0.25, 0.3) is 5.56 Å². The Labute approximate surface area is 211 Å². The van der Waals surface area contributed by atoms with Crippen molar-refractivity contribution in [3.63, 3.8) is 0 Å². The van der Waals surface area contributed by atoms with Crippen LogP contribution >= 0.6 is 0 Å². The van der Waals surface area contributed by atoms with E-state index in [4.69, 9.17) is 9.47 Å². The van der Waals surface area contributed by atoms with Crippen LogP contribution in [0.5, 0.6) is 11.5 Å². The average Bonchev–Trinajstić information content (AvgIpc) is 3.28. The molecule has 8 nitrogen and oxygen atoms in total. The van der Waals surface area contributed by atoms with Crippen LogP contribution in [0.15, 0.2) is 53.5 Å². The van der Waals surface area contributed by atoms with Crippen LogP contribution in [-0.2, 0) is 21.8 Å². The van der Waals surface area contributed by atoms with Crippen LogP contribution < -0.4 is 15.0 Å². The summed E-state index contributed by atoms with van der Waals surface area (Å²) in [5, 5.41) is 0.491. The third-order valence-corrected chi connectivity index (χ3v) is 6.75. The summed E-state index contributed by atoms with van der Waals surface area (Å²) in [6, 6.07) is 9.04. The molecule has 0 spiro atoms. The molecule has 0 aliphatic carbocycles. The number of methoxy groups -OCH3 is 1. The van der Waals surface area contributed by atoms with E-state index >= 15 is 0 Å². The minimum absolute atomic E-state index is 0.146. The van der Waals surface area contributed by atoms with E-state index in [-0.39, 0.29) is 40.6 Å². The smallest absolute Gasteiger partial charge is 0.274 e. The molecule has 0 unspecified atom stereocenters. The average molecular weight is 528 g/mol. The van der Waals surface area contributed by atoms with Crippen molar-refractivity contribution in [1.29, 1.82) is 0 Å². The predicted molar refractivity (Wildman–Crippen MR) is 137 cm³/mol. The number of sulfonamides is 1. The molecule has 4 rings (SSSR count). The number of H-pyrrole nitrogens is 1. The number of nitrogens with one attached hydrogen (secondary N) is 2. The second-order valence-electron chi connectivity index (χ2n) is 8.06. The predicted octanol–water partition coefficient (Wildman–Crippen LogP) is 4.36. The highest BCUT2D eigenvalue weighted by atomic mass is 32.2. The van der Waals surface area contributed by atoms with Crippen LogP contribution in [0.25, 0.3) is 22.0 Å². The van der Waals surface area contributed by atoms with Gasteiger partial charge < -0.3 is 19.0 Å². The lowest BCUT2D eigenvalue weighted by Gasteiger charge is -2.16. The van der Waals surface area contributed by atoms with Crippen molar-refractivity contribution < 1.29 is 26.7 Å². The molecule has 0 radical (unpaired) electrons. The van der Waals surface area contributed by atoms with Gasteiger partial charge in [0.1, 0.15) is 23.7 Å². The zero-order valence-corrected chi connectivity index (χ0v) is 21.0. The Kier molecular flexibility index (Phi) is 7.33. The summed E-state index contributed by atoms with van der Waals surface area (Å²) < 4.78 is 66.8. The van der Waals surface area contributed by atoms with E-state index in [2.05, 4.69) is 21.5 Å². The number of halogens is 2. The van der Waals surface area contributed by atoms with Crippen LogP contribution in [0.4, 0.5) is 14.5 Å². The molecule has 0 saturated heterocycles. The van der Waals surface area contributed by atoms with E-state index in [1.54, 1.807) is 19.3 Å². The summed E-state index contributed by atoms with van der Waals surface area (Å²) in [5.74, 6) is 3.81. The molecule has 2 aromatic carbocycles. The van der Waals surface area contributed by atoms with Gasteiger partial charge in [0.15, 0.2) is 11.6 Å². The molecule has 0 aliphatic heterocycles. The maximum Gasteiger partial charge on any atom is 0.274 e. The van der Waals surface area contributed by atoms with E-state index in [1.807, 2.05) is 0 Å². The third kappa shape index (κ3) is 5.66. The van der Waals surface area contributed by atoms with Crippen LogP contribution in [0.3, 0.4) is 0 Å². The fourth-order valence-corrected chi connectivity index (χ4v) is 4.27. The van der Waals surface area contributed by atoms with Crippen molar-refractivity contribution in [2.45, 2.75) is 6.92 Å². The number of pyridine rings is 1. The quantitative estimate of drug-likeness (QED) is 0.348. The first-order valence-corrected chi connectivity index (χ1v) is 12.7. The summed E-state index contributed by atoms with van der Waals surface area (Å²) in [5.41, 5.74) is 1.50. The Bertz CT molecular complexity index is 1720. The second kappa shape index (κ2) is 10.5. The molecule has 0 fully saturated rings. The van der Waals surface area contributed by atoms with E-state index in [0.717, 1.165) is 12.1 Å². The topological polar surface area (TPSA) is 102 Å². The van der Waals surface area contributed by atoms with E-state index in [0.29, 0.717) is 28.3 Å². The van der Waals surface area contributed by atoms with Gasteiger partial charge in [0.2, 0.25) is 10.0 Å². The molecule has 4 aromatic rings. The zero-order valence-electron chi connectivity index (χ0n) is 20.2. The minimum atomic E-state index is -3.60. The van der Waals surface area contributed by atoms with Crippen LogP contribution in [0.2, 0.25) is 0 Å². The van der Waals surface area contributed by atoms with Crippen molar-refractivity contribution in [2.24, 2.45) is 7.05 Å². The molecular formula is C26H23F2N3O5S. The summed E-state index contributed by atoms with van der Waals surface area (Å²) in [7, 11) is -0.530. The second-order valence-corrected chi connectivity index (χ2v) is 10.1. The van der Waals surface area contributed by atoms with Crippen molar-refractivity contribution in [3.05, 3.63) is 76.3 Å². The van der Waals surface area contributed by atoms with Crippen LogP contribution in [0, 0.1) is 23.5 Å². The van der Waals surface area contributed by atoms with Crippen molar-refractivity contribution >= 4 is 26.6 Å². The number of benzene rings is 2. The lowest BCUT2D eigenvalue weighted by Crippen LogP contribution is -2.17. The molecule has 0 atom stereocenters. The Balaban J connectivity index is 1.95. The fraction of sp³-hybridized carbons (Fsp3) is 0.192. The zero-order chi connectivity index (χ0) is 26.7. The van der Waals surface area contributed by atoms with Crippen molar-refractivity contribution in [2.75, 3.05) is 24.2 Å². The highest BCUT2D eigenvalue weighted by molar-refractivity contribution is 7.92. The van der Waals surface area contributed by atoms with Gasteiger partial charge in [-0.1, -0.05) is 5.92 Å². The van der Waals surface area contributed by atoms with Crippen molar-refractivity contribution in [1.82, 2.24) is 9.55 Å². The van der Waals surface area contributed by atoms with Gasteiger partial charge in [0, 0.05) is 48.6 Å². The number of fused-ring (bicyclic) bond motifs is 1. The van der Waals surface area contributed by atoms with Crippen LogP contribution in [-0.4, -0.2) is 37.4 Å².